The number of hydrogen-bond donors (Lipinski definition) is 0. The van der Waals surface area contributed by atoms with Crippen molar-refractivity contribution in [3.05, 3.63) is 22.3 Å². The predicted octanol–water partition coefficient (Wildman–Crippen LogP) is 3.14. The third kappa shape index (κ3) is 1.45. The topological polar surface area (TPSA) is 0 Å². The van der Waals surface area contributed by atoms with Crippen LogP contribution in [0.3, 0.4) is 0 Å². The molecule has 2 atom stereocenters. The SMILES string of the molecule is CC1=CC(Cl)=C(C)C(F)C1F. The zero-order chi connectivity index (χ0) is 8.59. The lowest BCUT2D eigenvalue weighted by atomic mass is 9.97. The van der Waals surface area contributed by atoms with Gasteiger partial charge >= 0.3 is 0 Å². The van der Waals surface area contributed by atoms with Crippen molar-refractivity contribution in [3.63, 3.8) is 0 Å². The summed E-state index contributed by atoms with van der Waals surface area (Å²) in [6.45, 7) is 3.04. The van der Waals surface area contributed by atoms with Crippen LogP contribution in [0.4, 0.5) is 8.78 Å². The second kappa shape index (κ2) is 2.94. The van der Waals surface area contributed by atoms with E-state index in [0.29, 0.717) is 10.6 Å². The van der Waals surface area contributed by atoms with Crippen molar-refractivity contribution in [2.75, 3.05) is 0 Å². The van der Waals surface area contributed by atoms with E-state index in [2.05, 4.69) is 0 Å². The molecule has 0 radical (unpaired) electrons. The molecule has 2 unspecified atom stereocenters. The molecule has 0 aromatic rings. The Morgan fingerprint density at radius 3 is 2.36 bits per heavy atom. The maximum Gasteiger partial charge on any atom is 0.158 e. The van der Waals surface area contributed by atoms with Gasteiger partial charge < -0.3 is 0 Å². The van der Waals surface area contributed by atoms with E-state index in [1.54, 1.807) is 0 Å². The summed E-state index contributed by atoms with van der Waals surface area (Å²) in [5.41, 5.74) is 0.637. The third-order valence-electron chi connectivity index (χ3n) is 1.84. The van der Waals surface area contributed by atoms with Crippen LogP contribution in [0.15, 0.2) is 22.3 Å². The van der Waals surface area contributed by atoms with E-state index < -0.39 is 12.3 Å². The van der Waals surface area contributed by atoms with Gasteiger partial charge in [-0.15, -0.1) is 0 Å². The molecule has 0 heterocycles. The molecule has 1 rings (SSSR count). The largest absolute Gasteiger partial charge is 0.239 e. The fourth-order valence-electron chi connectivity index (χ4n) is 0.975. The van der Waals surface area contributed by atoms with Crippen LogP contribution < -0.4 is 0 Å². The first-order chi connectivity index (χ1) is 5.04. The molecule has 1 aliphatic carbocycles. The smallest absolute Gasteiger partial charge is 0.158 e. The average Bonchev–Trinajstić information content (AvgIpc) is 1.97. The molecule has 0 amide bonds. The predicted molar refractivity (Wildman–Crippen MR) is 42.1 cm³/mol. The standard InChI is InChI=1S/C8H9ClF2/c1-4-3-6(9)5(2)8(11)7(4)10/h3,7-8H,1-2H3. The van der Waals surface area contributed by atoms with Gasteiger partial charge in [-0.05, 0) is 31.1 Å². The van der Waals surface area contributed by atoms with Crippen LogP contribution in [0.1, 0.15) is 13.8 Å². The number of alkyl halides is 2. The second-order valence-electron chi connectivity index (χ2n) is 2.72. The summed E-state index contributed by atoms with van der Waals surface area (Å²) in [6.07, 6.45) is -1.61. The molecule has 11 heavy (non-hydrogen) atoms. The van der Waals surface area contributed by atoms with Crippen LogP contribution in [-0.4, -0.2) is 12.3 Å². The van der Waals surface area contributed by atoms with Crippen molar-refractivity contribution in [2.24, 2.45) is 0 Å². The molecule has 1 aliphatic rings. The van der Waals surface area contributed by atoms with Gasteiger partial charge in [0.2, 0.25) is 0 Å². The van der Waals surface area contributed by atoms with Gasteiger partial charge in [0.05, 0.1) is 0 Å². The summed E-state index contributed by atoms with van der Waals surface area (Å²) < 4.78 is 25.8. The maximum absolute atomic E-state index is 12.9. The minimum atomic E-state index is -1.56. The van der Waals surface area contributed by atoms with Crippen LogP contribution in [-0.2, 0) is 0 Å². The van der Waals surface area contributed by atoms with Crippen LogP contribution in [0.5, 0.6) is 0 Å². The highest BCUT2D eigenvalue weighted by molar-refractivity contribution is 6.31. The van der Waals surface area contributed by atoms with E-state index in [0.717, 1.165) is 0 Å². The number of rotatable bonds is 0. The van der Waals surface area contributed by atoms with Crippen LogP contribution in [0.25, 0.3) is 0 Å². The van der Waals surface area contributed by atoms with Crippen molar-refractivity contribution in [2.45, 2.75) is 26.2 Å². The first-order valence-electron chi connectivity index (χ1n) is 3.36. The molecule has 0 saturated carbocycles. The van der Waals surface area contributed by atoms with Gasteiger partial charge in [-0.2, -0.15) is 0 Å². The molecule has 0 bridgehead atoms. The van der Waals surface area contributed by atoms with Crippen molar-refractivity contribution in [3.8, 4) is 0 Å². The quantitative estimate of drug-likeness (QED) is 0.535. The maximum atomic E-state index is 12.9. The molecule has 0 spiro atoms. The van der Waals surface area contributed by atoms with Crippen LogP contribution in [0.2, 0.25) is 0 Å². The van der Waals surface area contributed by atoms with Crippen LogP contribution >= 0.6 is 11.6 Å². The van der Waals surface area contributed by atoms with Crippen molar-refractivity contribution < 1.29 is 8.78 Å². The minimum absolute atomic E-state index is 0.282. The Hall–Kier alpha value is -0.370. The molecule has 0 N–H and O–H groups in total. The van der Waals surface area contributed by atoms with E-state index in [1.165, 1.54) is 19.9 Å². The van der Waals surface area contributed by atoms with E-state index in [4.69, 9.17) is 11.6 Å². The second-order valence-corrected chi connectivity index (χ2v) is 3.13. The summed E-state index contributed by atoms with van der Waals surface area (Å²) in [4.78, 5) is 0. The van der Waals surface area contributed by atoms with Gasteiger partial charge in [-0.1, -0.05) is 11.6 Å². The Kier molecular flexibility index (Phi) is 2.33. The van der Waals surface area contributed by atoms with Crippen LogP contribution in [0, 0.1) is 0 Å². The fourth-order valence-corrected chi connectivity index (χ4v) is 1.25. The van der Waals surface area contributed by atoms with E-state index in [-0.39, 0.29) is 5.57 Å². The molecule has 62 valence electrons. The number of halogens is 3. The van der Waals surface area contributed by atoms with Gasteiger partial charge in [0, 0.05) is 5.03 Å². The summed E-state index contributed by atoms with van der Waals surface area (Å²) in [6, 6.07) is 0. The van der Waals surface area contributed by atoms with Gasteiger partial charge in [-0.3, -0.25) is 0 Å². The van der Waals surface area contributed by atoms with E-state index in [1.807, 2.05) is 0 Å². The Bertz CT molecular complexity index is 230. The van der Waals surface area contributed by atoms with E-state index >= 15 is 0 Å². The lowest BCUT2D eigenvalue weighted by Gasteiger charge is -2.20. The molecule has 0 saturated heterocycles. The number of allylic oxidation sites excluding steroid dienone is 4. The normalized spacial score (nSPS) is 32.3. The van der Waals surface area contributed by atoms with Gasteiger partial charge in [-0.25, -0.2) is 8.78 Å². The van der Waals surface area contributed by atoms with Gasteiger partial charge in [0.25, 0.3) is 0 Å². The lowest BCUT2D eigenvalue weighted by molar-refractivity contribution is 0.222. The molecule has 0 fully saturated rings. The average molecular weight is 179 g/mol. The number of hydrogen-bond acceptors (Lipinski definition) is 0. The molecule has 0 aromatic heterocycles. The zero-order valence-corrected chi connectivity index (χ0v) is 7.12. The monoisotopic (exact) mass is 178 g/mol. The molecular weight excluding hydrogens is 170 g/mol. The highest BCUT2D eigenvalue weighted by Crippen LogP contribution is 2.30. The first-order valence-corrected chi connectivity index (χ1v) is 3.74. The Labute approximate surface area is 69.5 Å². The summed E-state index contributed by atoms with van der Waals surface area (Å²) in [7, 11) is 0. The summed E-state index contributed by atoms with van der Waals surface area (Å²) in [5, 5.41) is 0.323. The van der Waals surface area contributed by atoms with E-state index in [9.17, 15) is 8.78 Å². The molecule has 0 nitrogen and oxygen atoms in total. The van der Waals surface area contributed by atoms with Gasteiger partial charge in [0.15, 0.2) is 12.3 Å². The fraction of sp³-hybridized carbons (Fsp3) is 0.500. The summed E-state index contributed by atoms with van der Waals surface area (Å²) >= 11 is 5.62. The molecular formula is C8H9ClF2. The highest BCUT2D eigenvalue weighted by atomic mass is 35.5. The highest BCUT2D eigenvalue weighted by Gasteiger charge is 2.28. The molecule has 0 aliphatic heterocycles. The molecule has 0 aromatic carbocycles. The minimum Gasteiger partial charge on any atom is -0.239 e. The third-order valence-corrected chi connectivity index (χ3v) is 2.24. The van der Waals surface area contributed by atoms with Crippen molar-refractivity contribution in [1.29, 1.82) is 0 Å². The Balaban J connectivity index is 3.01. The molecule has 3 heteroatoms. The first kappa shape index (κ1) is 8.72. The zero-order valence-electron chi connectivity index (χ0n) is 6.37. The van der Waals surface area contributed by atoms with Crippen molar-refractivity contribution >= 4 is 11.6 Å². The Morgan fingerprint density at radius 1 is 1.27 bits per heavy atom. The van der Waals surface area contributed by atoms with Crippen molar-refractivity contribution in [1.82, 2.24) is 0 Å². The van der Waals surface area contributed by atoms with Gasteiger partial charge in [0.1, 0.15) is 0 Å². The lowest BCUT2D eigenvalue weighted by Crippen LogP contribution is -2.23. The summed E-state index contributed by atoms with van der Waals surface area (Å²) in [5.74, 6) is 0. The Morgan fingerprint density at radius 2 is 1.82 bits per heavy atom.